The topological polar surface area (TPSA) is 92.7 Å². The quantitative estimate of drug-likeness (QED) is 0.859. The lowest BCUT2D eigenvalue weighted by atomic mass is 10.1. The molecule has 0 aliphatic heterocycles. The molecule has 0 fully saturated rings. The Morgan fingerprint density at radius 3 is 2.48 bits per heavy atom. The van der Waals surface area contributed by atoms with Gasteiger partial charge in [0.25, 0.3) is 10.0 Å². The molecule has 122 valence electrons. The first-order chi connectivity index (χ1) is 10.7. The zero-order valence-electron chi connectivity index (χ0n) is 12.3. The second-order valence-electron chi connectivity index (χ2n) is 4.74. The van der Waals surface area contributed by atoms with E-state index in [2.05, 4.69) is 4.72 Å². The maximum atomic E-state index is 12.4. The Morgan fingerprint density at radius 2 is 1.91 bits per heavy atom. The van der Waals surface area contributed by atoms with Gasteiger partial charge in [-0.05, 0) is 42.8 Å². The van der Waals surface area contributed by atoms with Crippen LogP contribution >= 0.6 is 11.6 Å². The van der Waals surface area contributed by atoms with Gasteiger partial charge in [0.1, 0.15) is 5.75 Å². The third-order valence-electron chi connectivity index (χ3n) is 3.15. The number of methoxy groups -OCH3 is 1. The van der Waals surface area contributed by atoms with Gasteiger partial charge in [-0.2, -0.15) is 0 Å². The summed E-state index contributed by atoms with van der Waals surface area (Å²) in [5, 5.41) is 9.35. The van der Waals surface area contributed by atoms with Gasteiger partial charge in [0.2, 0.25) is 0 Å². The lowest BCUT2D eigenvalue weighted by molar-refractivity contribution is 0.0696. The van der Waals surface area contributed by atoms with E-state index in [1.54, 1.807) is 6.92 Å². The molecule has 0 atom stereocenters. The van der Waals surface area contributed by atoms with Crippen molar-refractivity contribution in [3.8, 4) is 5.75 Å². The standard InChI is InChI=1S/C15H14ClNO5S/c1-9-3-5-11(8-12(9)15(18)19)23(20,21)17-10-4-6-14(22-2)13(16)7-10/h3-8,17H,1-2H3,(H,18,19). The number of nitrogens with one attached hydrogen (secondary N) is 1. The molecule has 0 saturated carbocycles. The Morgan fingerprint density at radius 1 is 1.22 bits per heavy atom. The van der Waals surface area contributed by atoms with Crippen LogP contribution in [0.5, 0.6) is 5.75 Å². The van der Waals surface area contributed by atoms with Crippen LogP contribution in [0.3, 0.4) is 0 Å². The number of sulfonamides is 1. The van der Waals surface area contributed by atoms with Crippen LogP contribution in [-0.4, -0.2) is 26.6 Å². The summed E-state index contributed by atoms with van der Waals surface area (Å²) in [6, 6.07) is 8.33. The predicted octanol–water partition coefficient (Wildman–Crippen LogP) is 3.16. The molecule has 0 unspecified atom stereocenters. The fourth-order valence-corrected chi connectivity index (χ4v) is 3.28. The average Bonchev–Trinajstić information content (AvgIpc) is 2.47. The van der Waals surface area contributed by atoms with Gasteiger partial charge >= 0.3 is 5.97 Å². The number of carboxylic acids is 1. The number of benzene rings is 2. The average molecular weight is 356 g/mol. The summed E-state index contributed by atoms with van der Waals surface area (Å²) in [6.07, 6.45) is 0. The first-order valence-corrected chi connectivity index (χ1v) is 8.31. The highest BCUT2D eigenvalue weighted by molar-refractivity contribution is 7.92. The normalized spacial score (nSPS) is 11.1. The number of ether oxygens (including phenoxy) is 1. The molecule has 0 spiro atoms. The van der Waals surface area contributed by atoms with Gasteiger partial charge in [-0.25, -0.2) is 13.2 Å². The molecule has 0 saturated heterocycles. The van der Waals surface area contributed by atoms with E-state index in [0.29, 0.717) is 11.3 Å². The summed E-state index contributed by atoms with van der Waals surface area (Å²) in [4.78, 5) is 11.0. The zero-order chi connectivity index (χ0) is 17.2. The highest BCUT2D eigenvalue weighted by Crippen LogP contribution is 2.28. The van der Waals surface area contributed by atoms with Crippen LogP contribution in [0.4, 0.5) is 5.69 Å². The summed E-state index contributed by atoms with van der Waals surface area (Å²) >= 11 is 5.95. The Balaban J connectivity index is 2.37. The molecule has 0 aromatic heterocycles. The van der Waals surface area contributed by atoms with Crippen LogP contribution in [-0.2, 0) is 10.0 Å². The fourth-order valence-electron chi connectivity index (χ4n) is 1.94. The Bertz CT molecular complexity index is 864. The van der Waals surface area contributed by atoms with Crippen molar-refractivity contribution in [2.75, 3.05) is 11.8 Å². The minimum absolute atomic E-state index is 0.0689. The number of halogens is 1. The smallest absolute Gasteiger partial charge is 0.335 e. The Kier molecular flexibility index (Phi) is 4.82. The minimum atomic E-state index is -3.94. The number of anilines is 1. The number of aryl methyl sites for hydroxylation is 1. The van der Waals surface area contributed by atoms with Crippen molar-refractivity contribution in [3.05, 3.63) is 52.5 Å². The summed E-state index contributed by atoms with van der Waals surface area (Å²) in [5.74, 6) is -0.773. The summed E-state index contributed by atoms with van der Waals surface area (Å²) < 4.78 is 32.1. The van der Waals surface area contributed by atoms with E-state index in [0.717, 1.165) is 6.07 Å². The molecular formula is C15H14ClNO5S. The lowest BCUT2D eigenvalue weighted by Gasteiger charge is -2.11. The van der Waals surface area contributed by atoms with Gasteiger partial charge in [0.05, 0.1) is 28.3 Å². The summed E-state index contributed by atoms with van der Waals surface area (Å²) in [7, 11) is -2.49. The molecule has 2 N–H and O–H groups in total. The Labute approximate surface area is 138 Å². The molecule has 0 heterocycles. The van der Waals surface area contributed by atoms with Gasteiger partial charge in [-0.1, -0.05) is 17.7 Å². The van der Waals surface area contributed by atoms with Gasteiger partial charge in [-0.3, -0.25) is 4.72 Å². The van der Waals surface area contributed by atoms with E-state index >= 15 is 0 Å². The summed E-state index contributed by atoms with van der Waals surface area (Å²) in [5.41, 5.74) is 0.651. The van der Waals surface area contributed by atoms with E-state index in [4.69, 9.17) is 21.4 Å². The molecule has 6 nitrogen and oxygen atoms in total. The monoisotopic (exact) mass is 355 g/mol. The van der Waals surface area contributed by atoms with Crippen molar-refractivity contribution in [2.45, 2.75) is 11.8 Å². The molecular weight excluding hydrogens is 342 g/mol. The predicted molar refractivity (Wildman–Crippen MR) is 87.0 cm³/mol. The van der Waals surface area contributed by atoms with E-state index < -0.39 is 16.0 Å². The number of aromatic carboxylic acids is 1. The SMILES string of the molecule is COc1ccc(NS(=O)(=O)c2ccc(C)c(C(=O)O)c2)cc1Cl. The maximum absolute atomic E-state index is 12.4. The number of carbonyl (C=O) groups is 1. The molecule has 2 aromatic carbocycles. The zero-order valence-corrected chi connectivity index (χ0v) is 13.9. The second kappa shape index (κ2) is 6.47. The molecule has 23 heavy (non-hydrogen) atoms. The van der Waals surface area contributed by atoms with Crippen LogP contribution in [0.25, 0.3) is 0 Å². The largest absolute Gasteiger partial charge is 0.495 e. The van der Waals surface area contributed by atoms with Crippen LogP contribution < -0.4 is 9.46 Å². The lowest BCUT2D eigenvalue weighted by Crippen LogP contribution is -2.14. The van der Waals surface area contributed by atoms with Crippen molar-refractivity contribution >= 4 is 33.3 Å². The maximum Gasteiger partial charge on any atom is 0.335 e. The van der Waals surface area contributed by atoms with Crippen LogP contribution in [0, 0.1) is 6.92 Å². The van der Waals surface area contributed by atoms with Crippen molar-refractivity contribution in [2.24, 2.45) is 0 Å². The molecule has 0 bridgehead atoms. The third-order valence-corrected chi connectivity index (χ3v) is 4.83. The molecule has 2 rings (SSSR count). The van der Waals surface area contributed by atoms with Gasteiger partial charge in [0.15, 0.2) is 0 Å². The van der Waals surface area contributed by atoms with Gasteiger partial charge < -0.3 is 9.84 Å². The van der Waals surface area contributed by atoms with Gasteiger partial charge in [-0.15, -0.1) is 0 Å². The fraction of sp³-hybridized carbons (Fsp3) is 0.133. The van der Waals surface area contributed by atoms with E-state index in [9.17, 15) is 13.2 Å². The van der Waals surface area contributed by atoms with E-state index in [1.165, 1.54) is 37.4 Å². The van der Waals surface area contributed by atoms with Crippen molar-refractivity contribution in [3.63, 3.8) is 0 Å². The van der Waals surface area contributed by atoms with Crippen molar-refractivity contribution in [1.82, 2.24) is 0 Å². The first kappa shape index (κ1) is 17.1. The van der Waals surface area contributed by atoms with E-state index in [1.807, 2.05) is 0 Å². The Hall–Kier alpha value is -2.25. The van der Waals surface area contributed by atoms with Crippen LogP contribution in [0.1, 0.15) is 15.9 Å². The van der Waals surface area contributed by atoms with Crippen LogP contribution in [0.15, 0.2) is 41.3 Å². The number of hydrogen-bond donors (Lipinski definition) is 2. The number of carboxylic acid groups (broad SMARTS) is 1. The highest BCUT2D eigenvalue weighted by atomic mass is 35.5. The van der Waals surface area contributed by atoms with E-state index in [-0.39, 0.29) is 21.2 Å². The van der Waals surface area contributed by atoms with Crippen LogP contribution in [0.2, 0.25) is 5.02 Å². The number of hydrogen-bond acceptors (Lipinski definition) is 4. The second-order valence-corrected chi connectivity index (χ2v) is 6.83. The van der Waals surface area contributed by atoms with Crippen molar-refractivity contribution in [1.29, 1.82) is 0 Å². The first-order valence-electron chi connectivity index (χ1n) is 6.45. The molecule has 8 heteroatoms. The molecule has 0 aliphatic rings. The molecule has 0 aliphatic carbocycles. The molecule has 0 radical (unpaired) electrons. The molecule has 2 aromatic rings. The van der Waals surface area contributed by atoms with Crippen molar-refractivity contribution < 1.29 is 23.1 Å². The molecule has 0 amide bonds. The minimum Gasteiger partial charge on any atom is -0.495 e. The van der Waals surface area contributed by atoms with Gasteiger partial charge in [0, 0.05) is 0 Å². The number of rotatable bonds is 5. The third kappa shape index (κ3) is 3.75. The highest BCUT2D eigenvalue weighted by Gasteiger charge is 2.18. The summed E-state index contributed by atoms with van der Waals surface area (Å²) in [6.45, 7) is 1.59.